The second kappa shape index (κ2) is 10.9. The number of unbranched alkanes of at least 4 members (excludes halogenated alkanes) is 1. The minimum absolute atomic E-state index is 0.539. The first kappa shape index (κ1) is 20.4. The molecule has 0 saturated heterocycles. The summed E-state index contributed by atoms with van der Waals surface area (Å²) in [5.74, 6) is 2.65. The van der Waals surface area contributed by atoms with Crippen LogP contribution >= 0.6 is 0 Å². The Balaban J connectivity index is 1.77. The summed E-state index contributed by atoms with van der Waals surface area (Å²) >= 11 is 0. The Morgan fingerprint density at radius 3 is 1.78 bits per heavy atom. The van der Waals surface area contributed by atoms with Gasteiger partial charge in [-0.05, 0) is 55.7 Å². The zero-order chi connectivity index (χ0) is 19.5. The molecule has 2 aromatic rings. The zero-order valence-electron chi connectivity index (χ0n) is 16.1. The van der Waals surface area contributed by atoms with Crippen molar-refractivity contribution in [3.8, 4) is 23.0 Å². The SMILES string of the molecule is CC=Cc1ccc(OCCCCOc2ccc(C=O)cc2OC)c(OC)c1. The Kier molecular flexibility index (Phi) is 8.23. The molecule has 0 amide bonds. The molecule has 0 bridgehead atoms. The standard InChI is InChI=1S/C22H26O5/c1-4-7-17-8-10-19(21(14-17)24-2)26-12-5-6-13-27-20-11-9-18(16-23)15-22(20)25-3/h4,7-11,14-16H,5-6,12-13H2,1-3H3. The van der Waals surface area contributed by atoms with E-state index in [0.29, 0.717) is 30.3 Å². The molecule has 0 aliphatic heterocycles. The van der Waals surface area contributed by atoms with E-state index < -0.39 is 0 Å². The fourth-order valence-electron chi connectivity index (χ4n) is 2.54. The summed E-state index contributed by atoms with van der Waals surface area (Å²) in [4.78, 5) is 10.8. The normalized spacial score (nSPS) is 10.6. The zero-order valence-corrected chi connectivity index (χ0v) is 16.1. The molecule has 0 heterocycles. The summed E-state index contributed by atoms with van der Waals surface area (Å²) in [6.45, 7) is 3.09. The lowest BCUT2D eigenvalue weighted by atomic mass is 10.2. The lowest BCUT2D eigenvalue weighted by Gasteiger charge is -2.12. The Morgan fingerprint density at radius 2 is 1.30 bits per heavy atom. The summed E-state index contributed by atoms with van der Waals surface area (Å²) in [5.41, 5.74) is 1.63. The van der Waals surface area contributed by atoms with Crippen molar-refractivity contribution < 1.29 is 23.7 Å². The maximum absolute atomic E-state index is 10.8. The topological polar surface area (TPSA) is 54.0 Å². The molecule has 0 unspecified atom stereocenters. The first-order chi connectivity index (χ1) is 13.2. The van der Waals surface area contributed by atoms with E-state index in [-0.39, 0.29) is 0 Å². The highest BCUT2D eigenvalue weighted by Crippen LogP contribution is 2.29. The quantitative estimate of drug-likeness (QED) is 0.421. The Hall–Kier alpha value is -2.95. The average Bonchev–Trinajstić information content (AvgIpc) is 2.71. The maximum atomic E-state index is 10.8. The van der Waals surface area contributed by atoms with E-state index in [2.05, 4.69) is 0 Å². The van der Waals surface area contributed by atoms with Gasteiger partial charge in [0.15, 0.2) is 23.0 Å². The summed E-state index contributed by atoms with van der Waals surface area (Å²) < 4.78 is 22.2. The number of carbonyl (C=O) groups is 1. The number of aldehydes is 1. The van der Waals surface area contributed by atoms with Gasteiger partial charge in [-0.1, -0.05) is 18.2 Å². The van der Waals surface area contributed by atoms with Crippen LogP contribution in [0.1, 0.15) is 35.7 Å². The van der Waals surface area contributed by atoms with E-state index in [0.717, 1.165) is 36.2 Å². The highest BCUT2D eigenvalue weighted by molar-refractivity contribution is 5.76. The number of allylic oxidation sites excluding steroid dienone is 1. The highest BCUT2D eigenvalue weighted by atomic mass is 16.5. The number of hydrogen-bond acceptors (Lipinski definition) is 5. The first-order valence-corrected chi connectivity index (χ1v) is 8.91. The van der Waals surface area contributed by atoms with Crippen LogP contribution in [0, 0.1) is 0 Å². The molecule has 0 saturated carbocycles. The Labute approximate surface area is 160 Å². The molecule has 2 rings (SSSR count). The number of benzene rings is 2. The van der Waals surface area contributed by atoms with Gasteiger partial charge in [-0.2, -0.15) is 0 Å². The van der Waals surface area contributed by atoms with Crippen LogP contribution in [0.2, 0.25) is 0 Å². The third kappa shape index (κ3) is 6.06. The van der Waals surface area contributed by atoms with Crippen molar-refractivity contribution in [2.24, 2.45) is 0 Å². The van der Waals surface area contributed by atoms with Crippen molar-refractivity contribution in [1.82, 2.24) is 0 Å². The van der Waals surface area contributed by atoms with Crippen molar-refractivity contribution in [3.05, 3.63) is 53.6 Å². The third-order valence-corrected chi connectivity index (χ3v) is 3.92. The predicted molar refractivity (Wildman–Crippen MR) is 106 cm³/mol. The summed E-state index contributed by atoms with van der Waals surface area (Å²) in [5, 5.41) is 0. The number of carbonyl (C=O) groups excluding carboxylic acids is 1. The Bertz CT molecular complexity index is 767. The molecular weight excluding hydrogens is 344 g/mol. The molecule has 0 radical (unpaired) electrons. The second-order valence-corrected chi connectivity index (χ2v) is 5.84. The molecular formula is C22H26O5. The van der Waals surface area contributed by atoms with Crippen molar-refractivity contribution >= 4 is 12.4 Å². The van der Waals surface area contributed by atoms with Gasteiger partial charge in [-0.25, -0.2) is 0 Å². The van der Waals surface area contributed by atoms with Gasteiger partial charge >= 0.3 is 0 Å². The molecule has 0 spiro atoms. The fourth-order valence-corrected chi connectivity index (χ4v) is 2.54. The van der Waals surface area contributed by atoms with Crippen LogP contribution in [0.5, 0.6) is 23.0 Å². The highest BCUT2D eigenvalue weighted by Gasteiger charge is 2.07. The van der Waals surface area contributed by atoms with E-state index in [1.807, 2.05) is 37.3 Å². The fraction of sp³-hybridized carbons (Fsp3) is 0.318. The summed E-state index contributed by atoms with van der Waals surface area (Å²) in [6, 6.07) is 11.0. The molecule has 0 aliphatic carbocycles. The van der Waals surface area contributed by atoms with Gasteiger partial charge in [-0.15, -0.1) is 0 Å². The van der Waals surface area contributed by atoms with E-state index >= 15 is 0 Å². The maximum Gasteiger partial charge on any atom is 0.161 e. The minimum atomic E-state index is 0.539. The smallest absolute Gasteiger partial charge is 0.161 e. The lowest BCUT2D eigenvalue weighted by molar-refractivity contribution is 0.112. The van der Waals surface area contributed by atoms with E-state index in [1.54, 1.807) is 32.4 Å². The van der Waals surface area contributed by atoms with Gasteiger partial charge in [0.25, 0.3) is 0 Å². The predicted octanol–water partition coefficient (Wildman–Crippen LogP) is 4.79. The third-order valence-electron chi connectivity index (χ3n) is 3.92. The molecule has 0 N–H and O–H groups in total. The van der Waals surface area contributed by atoms with Gasteiger partial charge in [0.2, 0.25) is 0 Å². The summed E-state index contributed by atoms with van der Waals surface area (Å²) in [7, 11) is 3.19. The molecule has 144 valence electrons. The molecule has 2 aromatic carbocycles. The number of ether oxygens (including phenoxy) is 4. The number of hydrogen-bond donors (Lipinski definition) is 0. The van der Waals surface area contributed by atoms with Crippen LogP contribution in [-0.2, 0) is 0 Å². The summed E-state index contributed by atoms with van der Waals surface area (Å²) in [6.07, 6.45) is 6.45. The number of rotatable bonds is 11. The van der Waals surface area contributed by atoms with E-state index in [1.165, 1.54) is 0 Å². The average molecular weight is 370 g/mol. The first-order valence-electron chi connectivity index (χ1n) is 8.91. The molecule has 0 fully saturated rings. The van der Waals surface area contributed by atoms with Crippen molar-refractivity contribution in [2.45, 2.75) is 19.8 Å². The molecule has 5 heteroatoms. The molecule has 0 aliphatic rings. The van der Waals surface area contributed by atoms with E-state index in [9.17, 15) is 4.79 Å². The van der Waals surface area contributed by atoms with Crippen molar-refractivity contribution in [1.29, 1.82) is 0 Å². The molecule has 0 atom stereocenters. The van der Waals surface area contributed by atoms with Gasteiger partial charge in [0.1, 0.15) is 6.29 Å². The van der Waals surface area contributed by atoms with Crippen LogP contribution in [-0.4, -0.2) is 33.7 Å². The molecule has 27 heavy (non-hydrogen) atoms. The van der Waals surface area contributed by atoms with Crippen LogP contribution in [0.15, 0.2) is 42.5 Å². The molecule has 5 nitrogen and oxygen atoms in total. The van der Waals surface area contributed by atoms with Crippen LogP contribution in [0.4, 0.5) is 0 Å². The monoisotopic (exact) mass is 370 g/mol. The largest absolute Gasteiger partial charge is 0.493 e. The van der Waals surface area contributed by atoms with Crippen LogP contribution in [0.3, 0.4) is 0 Å². The number of methoxy groups -OCH3 is 2. The second-order valence-electron chi connectivity index (χ2n) is 5.84. The van der Waals surface area contributed by atoms with Gasteiger partial charge in [0, 0.05) is 5.56 Å². The van der Waals surface area contributed by atoms with Crippen molar-refractivity contribution in [2.75, 3.05) is 27.4 Å². The molecule has 0 aromatic heterocycles. The minimum Gasteiger partial charge on any atom is -0.493 e. The van der Waals surface area contributed by atoms with Crippen LogP contribution in [0.25, 0.3) is 6.08 Å². The van der Waals surface area contributed by atoms with Gasteiger partial charge in [-0.3, -0.25) is 4.79 Å². The lowest BCUT2D eigenvalue weighted by Crippen LogP contribution is -2.04. The van der Waals surface area contributed by atoms with Crippen LogP contribution < -0.4 is 18.9 Å². The van der Waals surface area contributed by atoms with Gasteiger partial charge in [0.05, 0.1) is 27.4 Å². The van der Waals surface area contributed by atoms with Crippen molar-refractivity contribution in [3.63, 3.8) is 0 Å². The Morgan fingerprint density at radius 1 is 0.778 bits per heavy atom. The van der Waals surface area contributed by atoms with Gasteiger partial charge < -0.3 is 18.9 Å². The van der Waals surface area contributed by atoms with E-state index in [4.69, 9.17) is 18.9 Å².